The molecule has 1 aliphatic rings. The molecule has 3 rings (SSSR count). The first-order valence-electron chi connectivity index (χ1n) is 9.77. The van der Waals surface area contributed by atoms with E-state index in [0.29, 0.717) is 0 Å². The molecule has 0 saturated carbocycles. The Labute approximate surface area is 165 Å². The lowest BCUT2D eigenvalue weighted by atomic mass is 9.78. The van der Waals surface area contributed by atoms with Crippen molar-refractivity contribution in [1.82, 2.24) is 0 Å². The molecular formula is C23H31BO2Si. The zero-order valence-electron chi connectivity index (χ0n) is 17.5. The third-order valence-corrected chi connectivity index (χ3v) is 9.10. The summed E-state index contributed by atoms with van der Waals surface area (Å²) in [7, 11) is -1.99. The molecule has 0 N–H and O–H groups in total. The first kappa shape index (κ1) is 20.1. The molecule has 0 bridgehead atoms. The molecule has 1 aliphatic heterocycles. The molecule has 1 saturated heterocycles. The van der Waals surface area contributed by atoms with Crippen LogP contribution in [0.4, 0.5) is 0 Å². The number of allylic oxidation sites excluding steroid dienone is 1. The Kier molecular flexibility index (Phi) is 5.53. The van der Waals surface area contributed by atoms with Gasteiger partial charge in [-0.05, 0) is 44.8 Å². The molecule has 27 heavy (non-hydrogen) atoms. The number of hydrogen-bond donors (Lipinski definition) is 0. The molecule has 0 aromatic heterocycles. The summed E-state index contributed by atoms with van der Waals surface area (Å²) in [5, 5.41) is 1.46. The molecule has 1 heterocycles. The smallest absolute Gasteiger partial charge is 0.400 e. The molecule has 0 amide bonds. The zero-order chi connectivity index (χ0) is 19.7. The highest BCUT2D eigenvalue weighted by molar-refractivity contribution is 6.91. The van der Waals surface area contributed by atoms with Gasteiger partial charge in [0.25, 0.3) is 0 Å². The summed E-state index contributed by atoms with van der Waals surface area (Å²) in [4.78, 5) is 0. The van der Waals surface area contributed by atoms with Crippen molar-refractivity contribution < 1.29 is 9.31 Å². The average molecular weight is 378 g/mol. The van der Waals surface area contributed by atoms with Crippen molar-refractivity contribution in [3.63, 3.8) is 0 Å². The van der Waals surface area contributed by atoms with Crippen LogP contribution in [0.25, 0.3) is 6.08 Å². The van der Waals surface area contributed by atoms with E-state index in [1.807, 2.05) is 0 Å². The maximum atomic E-state index is 6.41. The van der Waals surface area contributed by atoms with Gasteiger partial charge in [-0.2, -0.15) is 0 Å². The third kappa shape index (κ3) is 4.45. The van der Waals surface area contributed by atoms with Gasteiger partial charge in [-0.1, -0.05) is 85.0 Å². The number of benzene rings is 2. The molecule has 2 aromatic carbocycles. The van der Waals surface area contributed by atoms with Crippen LogP contribution in [0, 0.1) is 0 Å². The summed E-state index contributed by atoms with van der Waals surface area (Å²) in [5.74, 6) is 0. The van der Waals surface area contributed by atoms with Crippen molar-refractivity contribution in [2.75, 3.05) is 0 Å². The van der Waals surface area contributed by atoms with Gasteiger partial charge in [0.1, 0.15) is 0 Å². The van der Waals surface area contributed by atoms with Crippen molar-refractivity contribution in [3.8, 4) is 0 Å². The Balaban J connectivity index is 1.96. The Hall–Kier alpha value is -1.62. The Bertz CT molecular complexity index is 782. The largest absolute Gasteiger partial charge is 0.490 e. The SMILES string of the molecule is CC1(C)OB(/C(=C/c2ccccc2)C[Si](C)(C)c2ccccc2)OC1(C)C. The van der Waals surface area contributed by atoms with Crippen molar-refractivity contribution in [1.29, 1.82) is 0 Å². The van der Waals surface area contributed by atoms with E-state index in [0.717, 1.165) is 6.04 Å². The van der Waals surface area contributed by atoms with Gasteiger partial charge in [0, 0.05) is 0 Å². The second kappa shape index (κ2) is 7.42. The van der Waals surface area contributed by atoms with Gasteiger partial charge >= 0.3 is 7.12 Å². The maximum absolute atomic E-state index is 6.41. The van der Waals surface area contributed by atoms with E-state index in [4.69, 9.17) is 9.31 Å². The van der Waals surface area contributed by atoms with Gasteiger partial charge in [-0.15, -0.1) is 0 Å². The molecule has 0 unspecified atom stereocenters. The predicted octanol–water partition coefficient (Wildman–Crippen LogP) is 5.32. The van der Waals surface area contributed by atoms with E-state index in [-0.39, 0.29) is 18.3 Å². The first-order chi connectivity index (χ1) is 12.6. The van der Waals surface area contributed by atoms with Gasteiger partial charge in [0.05, 0.1) is 19.3 Å². The third-order valence-electron chi connectivity index (χ3n) is 5.91. The van der Waals surface area contributed by atoms with Crippen molar-refractivity contribution >= 4 is 26.5 Å². The summed E-state index contributed by atoms with van der Waals surface area (Å²) in [6, 6.07) is 22.4. The summed E-state index contributed by atoms with van der Waals surface area (Å²) in [6.45, 7) is 13.3. The molecule has 1 fully saturated rings. The number of rotatable bonds is 5. The highest BCUT2D eigenvalue weighted by atomic mass is 28.3. The van der Waals surface area contributed by atoms with Crippen LogP contribution >= 0.6 is 0 Å². The molecule has 0 aliphatic carbocycles. The highest BCUT2D eigenvalue weighted by Crippen LogP contribution is 2.40. The van der Waals surface area contributed by atoms with E-state index >= 15 is 0 Å². The molecule has 0 atom stereocenters. The van der Waals surface area contributed by atoms with E-state index in [9.17, 15) is 0 Å². The molecule has 0 radical (unpaired) electrons. The summed E-state index contributed by atoms with van der Waals surface area (Å²) in [5.41, 5.74) is 1.78. The minimum atomic E-state index is -1.68. The van der Waals surface area contributed by atoms with Gasteiger partial charge in [0.2, 0.25) is 0 Å². The van der Waals surface area contributed by atoms with Crippen LogP contribution in [0.2, 0.25) is 19.1 Å². The van der Waals surface area contributed by atoms with Crippen molar-refractivity contribution in [3.05, 3.63) is 71.7 Å². The first-order valence-corrected chi connectivity index (χ1v) is 13.0. The zero-order valence-corrected chi connectivity index (χ0v) is 18.5. The lowest BCUT2D eigenvalue weighted by molar-refractivity contribution is 0.00578. The predicted molar refractivity (Wildman–Crippen MR) is 119 cm³/mol. The fourth-order valence-corrected chi connectivity index (χ4v) is 6.05. The van der Waals surface area contributed by atoms with Crippen LogP contribution in [0.5, 0.6) is 0 Å². The molecular weight excluding hydrogens is 347 g/mol. The standard InChI is InChI=1S/C23H31BO2Si/c1-22(2)23(3,4)26-24(25-22)20(17-19-13-9-7-10-14-19)18-27(5,6)21-15-11-8-12-16-21/h7-17H,18H2,1-6H3/b20-17+. The van der Waals surface area contributed by atoms with Crippen molar-refractivity contribution in [2.45, 2.75) is 58.0 Å². The fourth-order valence-electron chi connectivity index (χ4n) is 3.46. The summed E-state index contributed by atoms with van der Waals surface area (Å²) < 4.78 is 12.8. The highest BCUT2D eigenvalue weighted by Gasteiger charge is 2.52. The van der Waals surface area contributed by atoms with Crippen LogP contribution < -0.4 is 5.19 Å². The van der Waals surface area contributed by atoms with Crippen LogP contribution in [0.3, 0.4) is 0 Å². The quantitative estimate of drug-likeness (QED) is 0.656. The molecule has 2 nitrogen and oxygen atoms in total. The molecule has 2 aromatic rings. The lowest BCUT2D eigenvalue weighted by Gasteiger charge is -2.32. The Morgan fingerprint density at radius 2 is 1.33 bits per heavy atom. The molecule has 142 valence electrons. The topological polar surface area (TPSA) is 18.5 Å². The van der Waals surface area contributed by atoms with Gasteiger partial charge in [-0.25, -0.2) is 0 Å². The second-order valence-electron chi connectivity index (χ2n) is 9.14. The van der Waals surface area contributed by atoms with Gasteiger partial charge in [-0.3, -0.25) is 0 Å². The second-order valence-corrected chi connectivity index (χ2v) is 13.8. The van der Waals surface area contributed by atoms with Crippen LogP contribution in [0.1, 0.15) is 33.3 Å². The number of hydrogen-bond acceptors (Lipinski definition) is 2. The maximum Gasteiger partial charge on any atom is 0.490 e. The average Bonchev–Trinajstić information content (AvgIpc) is 2.84. The van der Waals surface area contributed by atoms with Crippen molar-refractivity contribution in [2.24, 2.45) is 0 Å². The minimum Gasteiger partial charge on any atom is -0.400 e. The molecule has 4 heteroatoms. The minimum absolute atomic E-state index is 0.300. The fraction of sp³-hybridized carbons (Fsp3) is 0.391. The Morgan fingerprint density at radius 3 is 1.85 bits per heavy atom. The summed E-state index contributed by atoms with van der Waals surface area (Å²) in [6.07, 6.45) is 2.26. The van der Waals surface area contributed by atoms with E-state index in [1.165, 1.54) is 16.2 Å². The van der Waals surface area contributed by atoms with Crippen LogP contribution in [0.15, 0.2) is 66.1 Å². The molecule has 0 spiro atoms. The lowest BCUT2D eigenvalue weighted by Crippen LogP contribution is -2.43. The Morgan fingerprint density at radius 1 is 0.852 bits per heavy atom. The van der Waals surface area contributed by atoms with Gasteiger partial charge in [0.15, 0.2) is 0 Å². The van der Waals surface area contributed by atoms with Crippen LogP contribution in [-0.2, 0) is 9.31 Å². The van der Waals surface area contributed by atoms with Crippen LogP contribution in [-0.4, -0.2) is 26.4 Å². The van der Waals surface area contributed by atoms with E-state index < -0.39 is 8.07 Å². The monoisotopic (exact) mass is 378 g/mol. The normalized spacial score (nSPS) is 19.3. The summed E-state index contributed by atoms with van der Waals surface area (Å²) >= 11 is 0. The van der Waals surface area contributed by atoms with E-state index in [2.05, 4.69) is 108 Å². The van der Waals surface area contributed by atoms with Gasteiger partial charge < -0.3 is 9.31 Å². The van der Waals surface area contributed by atoms with E-state index in [1.54, 1.807) is 0 Å².